The SMILES string of the molecule is CCC(C)(C)C(=O)OCCOC(=O)c1ccc(OS(=O)(=O)C(F)(F)C(F)(F)C(F)(F)S(=O)(=O)NS(=O)(=O)C(F)(F)F)cc1.[C-]#[N+]C(C#N)S(=O)(=O)C(C)CC.[C-]#[N+]C1=C(C)C(S(=O)(=O)c2ccc(C(C)CC)cc2)C(C(F)(F)F)=C1C#N. The second kappa shape index (κ2) is 26.8. The molecule has 2 aromatic rings. The van der Waals surface area contributed by atoms with E-state index in [9.17, 15) is 104 Å². The van der Waals surface area contributed by atoms with Gasteiger partial charge in [0.25, 0.3) is 10.0 Å². The van der Waals surface area contributed by atoms with Gasteiger partial charge in [-0.1, -0.05) is 50.9 Å². The van der Waals surface area contributed by atoms with E-state index in [0.717, 1.165) is 18.9 Å². The molecule has 0 fully saturated rings. The summed E-state index contributed by atoms with van der Waals surface area (Å²) in [7, 11) is -30.7. The summed E-state index contributed by atoms with van der Waals surface area (Å²) in [4.78, 5) is 29.3. The third kappa shape index (κ3) is 16.0. The van der Waals surface area contributed by atoms with E-state index in [4.69, 9.17) is 33.1 Å². The molecule has 0 heterocycles. The first-order valence-electron chi connectivity index (χ1n) is 22.5. The number of hydrogen-bond donors (Lipinski definition) is 1. The molecule has 0 bridgehead atoms. The van der Waals surface area contributed by atoms with Crippen LogP contribution in [0, 0.1) is 41.2 Å². The summed E-state index contributed by atoms with van der Waals surface area (Å²) >= 11 is 0. The van der Waals surface area contributed by atoms with E-state index in [0.29, 0.717) is 37.1 Å². The van der Waals surface area contributed by atoms with Gasteiger partial charge in [-0.05, 0) is 93.5 Å². The zero-order valence-corrected chi connectivity index (χ0v) is 47.5. The summed E-state index contributed by atoms with van der Waals surface area (Å²) in [5, 5.41) is -1.53. The Labute approximate surface area is 463 Å². The van der Waals surface area contributed by atoms with Crippen LogP contribution in [0.15, 0.2) is 75.8 Å². The molecule has 20 nitrogen and oxygen atoms in total. The third-order valence-corrected chi connectivity index (χ3v) is 20.6. The molecule has 37 heteroatoms. The van der Waals surface area contributed by atoms with Gasteiger partial charge in [-0.2, -0.15) is 71.6 Å². The van der Waals surface area contributed by atoms with Gasteiger partial charge < -0.3 is 13.7 Å². The predicted molar refractivity (Wildman–Crippen MR) is 262 cm³/mol. The van der Waals surface area contributed by atoms with Gasteiger partial charge in [-0.3, -0.25) is 9.64 Å². The molecule has 1 aliphatic carbocycles. The van der Waals surface area contributed by atoms with Crippen molar-refractivity contribution in [1.82, 2.24) is 4.13 Å². The van der Waals surface area contributed by atoms with Crippen LogP contribution >= 0.6 is 0 Å². The minimum absolute atomic E-state index is 0.180. The molecule has 0 radical (unpaired) electrons. The molecule has 1 aliphatic rings. The largest absolute Gasteiger partial charge is 0.512 e. The summed E-state index contributed by atoms with van der Waals surface area (Å²) in [6.07, 6.45) is -3.37. The van der Waals surface area contributed by atoms with Crippen molar-refractivity contribution < 1.29 is 118 Å². The first kappa shape index (κ1) is 73.5. The van der Waals surface area contributed by atoms with Crippen LogP contribution in [0.5, 0.6) is 5.75 Å². The van der Waals surface area contributed by atoms with E-state index in [1.165, 1.54) is 31.2 Å². The Kier molecular flexibility index (Phi) is 24.0. The third-order valence-electron chi connectivity index (χ3n) is 11.6. The number of esters is 2. The average Bonchev–Trinajstić information content (AvgIpc) is 3.69. The van der Waals surface area contributed by atoms with Gasteiger partial charge in [0, 0.05) is 0 Å². The topological polar surface area (TPSA) is 301 Å². The maximum absolute atomic E-state index is 14.2. The average molecular weight is 1290 g/mol. The van der Waals surface area contributed by atoms with Gasteiger partial charge in [0.15, 0.2) is 15.9 Å². The highest BCUT2D eigenvalue weighted by Crippen LogP contribution is 2.52. The Balaban J connectivity index is 0.000000725. The first-order valence-corrected chi connectivity index (χ1v) is 30.0. The fourth-order valence-corrected chi connectivity index (χ4v) is 12.5. The van der Waals surface area contributed by atoms with Crippen molar-refractivity contribution in [1.29, 1.82) is 10.5 Å². The number of nitrogens with zero attached hydrogens (tertiary/aromatic N) is 4. The fourth-order valence-electron chi connectivity index (χ4n) is 5.97. The summed E-state index contributed by atoms with van der Waals surface area (Å²) in [5.41, 5.74) is -10.4. The Morgan fingerprint density at radius 3 is 1.63 bits per heavy atom. The number of nitrogens with one attached hydrogen (secondary N) is 1. The Morgan fingerprint density at radius 1 is 0.732 bits per heavy atom. The molecule has 82 heavy (non-hydrogen) atoms. The van der Waals surface area contributed by atoms with Crippen molar-refractivity contribution in [3.8, 4) is 17.9 Å². The van der Waals surface area contributed by atoms with E-state index >= 15 is 0 Å². The first-order chi connectivity index (χ1) is 37.0. The molecular weight excluding hydrogens is 1240 g/mol. The Hall–Kier alpha value is -6.51. The lowest BCUT2D eigenvalue weighted by Gasteiger charge is -2.31. The Bertz CT molecular complexity index is 3520. The minimum Gasteiger partial charge on any atom is -0.462 e. The maximum Gasteiger partial charge on any atom is 0.512 e. The highest BCUT2D eigenvalue weighted by atomic mass is 32.3. The highest BCUT2D eigenvalue weighted by molar-refractivity contribution is 8.05. The number of allylic oxidation sites excluding steroid dienone is 1. The van der Waals surface area contributed by atoms with Crippen LogP contribution < -0.4 is 8.31 Å². The number of rotatable bonds is 21. The van der Waals surface area contributed by atoms with Crippen LogP contribution in [0.3, 0.4) is 0 Å². The summed E-state index contributed by atoms with van der Waals surface area (Å²) in [6, 6.07) is 10.4. The lowest BCUT2D eigenvalue weighted by atomic mass is 9.91. The number of benzene rings is 2. The van der Waals surface area contributed by atoms with Gasteiger partial charge in [0.1, 0.15) is 24.2 Å². The van der Waals surface area contributed by atoms with E-state index in [2.05, 4.69) is 13.9 Å². The predicted octanol–water partition coefficient (Wildman–Crippen LogP) is 9.02. The van der Waals surface area contributed by atoms with E-state index in [1.807, 2.05) is 13.8 Å². The molecule has 4 unspecified atom stereocenters. The lowest BCUT2D eigenvalue weighted by Crippen LogP contribution is -2.64. The van der Waals surface area contributed by atoms with Crippen LogP contribution in [0.4, 0.5) is 52.7 Å². The molecule has 0 saturated carbocycles. The minimum atomic E-state index is -7.93. The number of hydrogen-bond acceptors (Lipinski definition) is 17. The normalized spacial score (nSPS) is 16.0. The smallest absolute Gasteiger partial charge is 0.462 e. The molecule has 1 N–H and O–H groups in total. The molecule has 0 amide bonds. The van der Waals surface area contributed by atoms with Crippen LogP contribution in [-0.4, -0.2) is 111 Å². The van der Waals surface area contributed by atoms with Gasteiger partial charge in [0.2, 0.25) is 15.5 Å². The molecule has 456 valence electrons. The van der Waals surface area contributed by atoms with Crippen molar-refractivity contribution in [2.75, 3.05) is 13.2 Å². The van der Waals surface area contributed by atoms with Crippen molar-refractivity contribution in [2.24, 2.45) is 5.41 Å². The van der Waals surface area contributed by atoms with Gasteiger partial charge in [-0.15, -0.1) is 0 Å². The monoisotopic (exact) mass is 1290 g/mol. The molecular formula is C45H47F12N5O15S5. The van der Waals surface area contributed by atoms with Crippen LogP contribution in [0.1, 0.15) is 96.5 Å². The fraction of sp³-hybridized carbons (Fsp3) is 0.511. The van der Waals surface area contributed by atoms with E-state index in [-0.39, 0.29) is 16.4 Å². The Morgan fingerprint density at radius 2 is 1.23 bits per heavy atom. The van der Waals surface area contributed by atoms with Gasteiger partial charge >= 0.3 is 65.6 Å². The zero-order valence-electron chi connectivity index (χ0n) is 43.5. The van der Waals surface area contributed by atoms with Crippen LogP contribution in [0.25, 0.3) is 9.69 Å². The van der Waals surface area contributed by atoms with E-state index in [1.54, 1.807) is 39.8 Å². The van der Waals surface area contributed by atoms with Crippen molar-refractivity contribution in [2.45, 2.75) is 129 Å². The van der Waals surface area contributed by atoms with Gasteiger partial charge in [0.05, 0.1) is 44.9 Å². The second-order valence-corrected chi connectivity index (χ2v) is 27.2. The molecule has 3 rings (SSSR count). The zero-order chi connectivity index (χ0) is 64.4. The molecule has 2 aromatic carbocycles. The molecule has 0 saturated heterocycles. The van der Waals surface area contributed by atoms with Crippen LogP contribution in [0.2, 0.25) is 0 Å². The van der Waals surface area contributed by atoms with Crippen molar-refractivity contribution >= 4 is 61.8 Å². The molecule has 0 aromatic heterocycles. The number of sulfonamides is 2. The number of ether oxygens (including phenoxy) is 2. The molecule has 0 aliphatic heterocycles. The number of sulfone groups is 2. The summed E-state index contributed by atoms with van der Waals surface area (Å²) in [6.45, 7) is 25.9. The van der Waals surface area contributed by atoms with Crippen molar-refractivity contribution in [3.05, 3.63) is 105 Å². The number of alkyl halides is 12. The molecule has 4 atom stereocenters. The van der Waals surface area contributed by atoms with E-state index < -0.39 is 157 Å². The van der Waals surface area contributed by atoms with Crippen molar-refractivity contribution in [3.63, 3.8) is 0 Å². The summed E-state index contributed by atoms with van der Waals surface area (Å²) < 4.78 is 291. The number of nitriles is 2. The quantitative estimate of drug-likeness (QED) is 0.0400. The molecule has 0 spiro atoms. The van der Waals surface area contributed by atoms with Gasteiger partial charge in [-0.25, -0.2) is 49.9 Å². The number of carbonyl (C=O) groups excluding carboxylic acids is 2. The van der Waals surface area contributed by atoms with Crippen LogP contribution in [-0.2, 0) is 64.1 Å². The maximum atomic E-state index is 14.2. The number of carbonyl (C=O) groups is 2. The number of halogens is 12. The lowest BCUT2D eigenvalue weighted by molar-refractivity contribution is -0.245. The summed E-state index contributed by atoms with van der Waals surface area (Å²) in [5.74, 6) is -10.6. The highest BCUT2D eigenvalue weighted by Gasteiger charge is 2.83. The second-order valence-electron chi connectivity index (χ2n) is 17.5. The standard InChI is InChI=1S/C19H20F9NO11S3.C19H17F3N2O2S.C7H10N2O2S/c1-4-15(2,3)14(31)39-10-9-38-13(30)11-5-7-12(8-6-11)40-43(36,37)18(24,25)16(20,21)17(22,23)41(32,33)29-42(34,35)19(26,27)28;1-5-11(2)13-6-8-14(9-7-13)27(25,26)18-12(3)17(24-4)15(10-23)16(18)19(20,21)22;1-4-6(2)12(10,11)7(5-8)9-3/h5-8,29H,4,9-10H2,1-3H3;6-9,11,18H,5H2,1-3H3;6-7H,4H2,1-2H3.